The van der Waals surface area contributed by atoms with Crippen molar-refractivity contribution in [3.63, 3.8) is 0 Å². The first kappa shape index (κ1) is 26.2. The molecule has 0 bridgehead atoms. The molecule has 0 radical (unpaired) electrons. The van der Waals surface area contributed by atoms with Gasteiger partial charge in [0.05, 0.1) is 22.8 Å². The van der Waals surface area contributed by atoms with Gasteiger partial charge in [0.2, 0.25) is 5.13 Å². The highest BCUT2D eigenvalue weighted by Crippen LogP contribution is 2.50. The van der Waals surface area contributed by atoms with Gasteiger partial charge in [0.1, 0.15) is 15.6 Å². The number of aromatic nitrogens is 3. The van der Waals surface area contributed by atoms with Crippen LogP contribution in [0.4, 0.5) is 10.8 Å². The molecule has 0 aliphatic carbocycles. The van der Waals surface area contributed by atoms with Gasteiger partial charge in [-0.25, -0.2) is 4.98 Å². The Balaban J connectivity index is 1.16. The van der Waals surface area contributed by atoms with Crippen molar-refractivity contribution in [1.82, 2.24) is 15.2 Å². The zero-order valence-electron chi connectivity index (χ0n) is 21.5. The summed E-state index contributed by atoms with van der Waals surface area (Å²) in [5.41, 5.74) is 3.11. The van der Waals surface area contributed by atoms with Crippen LogP contribution in [0, 0.1) is 0 Å². The number of rotatable bonds is 9. The number of thiophene rings is 1. The number of benzene rings is 3. The minimum Gasteiger partial charge on any atom is -0.330 e. The first-order chi connectivity index (χ1) is 19.8. The number of nitrogens with zero attached hydrogens (tertiary/aromatic N) is 4. The summed E-state index contributed by atoms with van der Waals surface area (Å²) in [5, 5.41) is 18.5. The van der Waals surface area contributed by atoms with E-state index in [1.807, 2.05) is 24.3 Å². The van der Waals surface area contributed by atoms with E-state index in [0.29, 0.717) is 18.5 Å². The molecule has 0 amide bonds. The molecular weight excluding hydrogens is 595 g/mol. The summed E-state index contributed by atoms with van der Waals surface area (Å²) in [6.45, 7) is 0.746. The second-order valence-electron chi connectivity index (χ2n) is 9.92. The zero-order chi connectivity index (χ0) is 28.0. The summed E-state index contributed by atoms with van der Waals surface area (Å²) in [4.78, 5) is 8.44. The molecule has 1 atom stereocenters. The SMILES string of the molecule is O=S(=O)(O)Nc1ccc(CC2(c3csc(-c4cccs4)n3)CN2c2nnc(Cc3ccc4ccccc4c3)s2)cc1. The second-order valence-corrected chi connectivity index (χ2v) is 13.9. The Morgan fingerprint density at radius 1 is 0.927 bits per heavy atom. The molecule has 206 valence electrons. The lowest BCUT2D eigenvalue weighted by atomic mass is 9.96. The summed E-state index contributed by atoms with van der Waals surface area (Å²) in [6.07, 6.45) is 1.37. The number of nitrogens with one attached hydrogen (secondary N) is 1. The maximum absolute atomic E-state index is 11.2. The summed E-state index contributed by atoms with van der Waals surface area (Å²) >= 11 is 4.91. The lowest BCUT2D eigenvalue weighted by Crippen LogP contribution is -2.20. The number of fused-ring (bicyclic) bond motifs is 1. The Morgan fingerprint density at radius 2 is 1.73 bits per heavy atom. The van der Waals surface area contributed by atoms with Crippen LogP contribution in [0.2, 0.25) is 0 Å². The Kier molecular flexibility index (Phi) is 6.59. The molecule has 12 heteroatoms. The molecule has 2 N–H and O–H groups in total. The highest BCUT2D eigenvalue weighted by Gasteiger charge is 2.56. The molecule has 0 saturated carbocycles. The highest BCUT2D eigenvalue weighted by atomic mass is 32.2. The quantitative estimate of drug-likeness (QED) is 0.138. The van der Waals surface area contributed by atoms with E-state index in [4.69, 9.17) is 9.54 Å². The van der Waals surface area contributed by atoms with E-state index in [1.54, 1.807) is 46.1 Å². The predicted octanol–water partition coefficient (Wildman–Crippen LogP) is 6.64. The fraction of sp³-hybridized carbons (Fsp3) is 0.138. The van der Waals surface area contributed by atoms with E-state index in [2.05, 4.69) is 73.0 Å². The molecule has 1 aliphatic rings. The summed E-state index contributed by atoms with van der Waals surface area (Å²) in [5.74, 6) is 0. The molecule has 41 heavy (non-hydrogen) atoms. The van der Waals surface area contributed by atoms with Gasteiger partial charge in [-0.05, 0) is 45.5 Å². The van der Waals surface area contributed by atoms with Gasteiger partial charge in [-0.1, -0.05) is 72.0 Å². The molecule has 0 spiro atoms. The molecule has 4 heterocycles. The van der Waals surface area contributed by atoms with Crippen LogP contribution >= 0.6 is 34.0 Å². The molecule has 3 aromatic carbocycles. The normalized spacial score (nSPS) is 16.8. The van der Waals surface area contributed by atoms with Crippen LogP contribution in [-0.4, -0.2) is 34.7 Å². The van der Waals surface area contributed by atoms with Crippen LogP contribution in [0.5, 0.6) is 0 Å². The Morgan fingerprint density at radius 3 is 2.51 bits per heavy atom. The molecule has 7 rings (SSSR count). The maximum Gasteiger partial charge on any atom is 0.357 e. The van der Waals surface area contributed by atoms with Gasteiger partial charge >= 0.3 is 10.3 Å². The van der Waals surface area contributed by atoms with Crippen molar-refractivity contribution in [3.8, 4) is 9.88 Å². The smallest absolute Gasteiger partial charge is 0.330 e. The molecule has 1 unspecified atom stereocenters. The maximum atomic E-state index is 11.2. The number of hydrogen-bond acceptors (Lipinski definition) is 9. The average Bonchev–Trinajstić information content (AvgIpc) is 3.45. The van der Waals surface area contributed by atoms with E-state index in [-0.39, 0.29) is 5.54 Å². The average molecular weight is 618 g/mol. The van der Waals surface area contributed by atoms with Gasteiger partial charge in [0.15, 0.2) is 0 Å². The van der Waals surface area contributed by atoms with Gasteiger partial charge in [0.25, 0.3) is 0 Å². The van der Waals surface area contributed by atoms with Crippen molar-refractivity contribution >= 4 is 65.9 Å². The highest BCUT2D eigenvalue weighted by molar-refractivity contribution is 7.87. The molecule has 1 fully saturated rings. The van der Waals surface area contributed by atoms with E-state index >= 15 is 0 Å². The van der Waals surface area contributed by atoms with Gasteiger partial charge in [-0.15, -0.1) is 32.9 Å². The second kappa shape index (κ2) is 10.3. The first-order valence-electron chi connectivity index (χ1n) is 12.8. The summed E-state index contributed by atoms with van der Waals surface area (Å²) < 4.78 is 33.6. The number of thiazole rings is 1. The van der Waals surface area contributed by atoms with Crippen LogP contribution in [0.15, 0.2) is 89.6 Å². The fourth-order valence-corrected chi connectivity index (χ4v) is 8.19. The third kappa shape index (κ3) is 5.48. The molecule has 1 aliphatic heterocycles. The number of anilines is 2. The van der Waals surface area contributed by atoms with Crippen LogP contribution in [0.25, 0.3) is 20.7 Å². The van der Waals surface area contributed by atoms with Crippen LogP contribution < -0.4 is 9.62 Å². The third-order valence-corrected chi connectivity index (χ3v) is 10.4. The molecule has 1 saturated heterocycles. The zero-order valence-corrected chi connectivity index (χ0v) is 24.7. The minimum absolute atomic E-state index is 0.300. The van der Waals surface area contributed by atoms with Crippen molar-refractivity contribution in [1.29, 1.82) is 0 Å². The largest absolute Gasteiger partial charge is 0.357 e. The van der Waals surface area contributed by atoms with Crippen molar-refractivity contribution in [2.24, 2.45) is 0 Å². The molecule has 3 aromatic heterocycles. The number of hydrogen-bond donors (Lipinski definition) is 2. The molecule has 8 nitrogen and oxygen atoms in total. The summed E-state index contributed by atoms with van der Waals surface area (Å²) in [6, 6.07) is 26.0. The van der Waals surface area contributed by atoms with E-state index < -0.39 is 10.3 Å². The first-order valence-corrected chi connectivity index (χ1v) is 16.8. The van der Waals surface area contributed by atoms with Crippen molar-refractivity contribution in [3.05, 3.63) is 111 Å². The van der Waals surface area contributed by atoms with Gasteiger partial charge in [-0.2, -0.15) is 8.42 Å². The molecule has 6 aromatic rings. The Hall–Kier alpha value is -3.68. The van der Waals surface area contributed by atoms with Crippen LogP contribution in [0.1, 0.15) is 21.8 Å². The van der Waals surface area contributed by atoms with Crippen LogP contribution in [0.3, 0.4) is 0 Å². The molecular formula is C29H23N5O3S4. The standard InChI is InChI=1S/C29H23N5O3S4/c35-41(36,37)33-23-11-8-19(9-12-23)16-29(25-17-39-27(30-25)24-6-3-13-38-24)18-34(29)28-32-31-26(40-28)15-20-7-10-21-4-1-2-5-22(21)14-20/h1-14,17,33H,15-16,18H2,(H,35,36,37). The van der Waals surface area contributed by atoms with E-state index in [0.717, 1.165) is 37.8 Å². The fourth-order valence-electron chi connectivity index (χ4n) is 5.06. The van der Waals surface area contributed by atoms with Gasteiger partial charge in [-0.3, -0.25) is 9.27 Å². The van der Waals surface area contributed by atoms with Crippen molar-refractivity contribution in [2.75, 3.05) is 16.2 Å². The Labute approximate surface area is 248 Å². The van der Waals surface area contributed by atoms with Crippen molar-refractivity contribution < 1.29 is 13.0 Å². The third-order valence-electron chi connectivity index (χ3n) is 7.10. The predicted molar refractivity (Wildman–Crippen MR) is 166 cm³/mol. The Bertz CT molecular complexity index is 1950. The van der Waals surface area contributed by atoms with Gasteiger partial charge < -0.3 is 4.90 Å². The van der Waals surface area contributed by atoms with E-state index in [9.17, 15) is 8.42 Å². The van der Waals surface area contributed by atoms with Crippen molar-refractivity contribution in [2.45, 2.75) is 18.4 Å². The minimum atomic E-state index is -4.33. The topological polar surface area (TPSA) is 108 Å². The summed E-state index contributed by atoms with van der Waals surface area (Å²) in [7, 11) is -4.33. The van der Waals surface area contributed by atoms with E-state index in [1.165, 1.54) is 16.3 Å². The lowest BCUT2D eigenvalue weighted by Gasteiger charge is -2.16. The van der Waals surface area contributed by atoms with Gasteiger partial charge in [0, 0.05) is 18.2 Å². The van der Waals surface area contributed by atoms with Crippen LogP contribution in [-0.2, 0) is 28.7 Å². The monoisotopic (exact) mass is 617 g/mol. The lowest BCUT2D eigenvalue weighted by molar-refractivity contribution is 0.489.